The Balaban J connectivity index is 1.09. The molecule has 18 atom stereocenters. The van der Waals surface area contributed by atoms with Crippen LogP contribution in [0.3, 0.4) is 0 Å². The zero-order valence-corrected chi connectivity index (χ0v) is 30.8. The van der Waals surface area contributed by atoms with Crippen LogP contribution in [0.15, 0.2) is 0 Å². The van der Waals surface area contributed by atoms with E-state index in [1.54, 1.807) is 0 Å². The second kappa shape index (κ2) is 10.7. The quantitative estimate of drug-likeness (QED) is 0.154. The summed E-state index contributed by atoms with van der Waals surface area (Å²) in [6.07, 6.45) is -3.32. The number of esters is 1. The van der Waals surface area contributed by atoms with Crippen molar-refractivity contribution in [1.29, 1.82) is 0 Å². The van der Waals surface area contributed by atoms with Gasteiger partial charge in [-0.15, -0.1) is 0 Å². The van der Waals surface area contributed by atoms with Gasteiger partial charge in [-0.05, 0) is 91.8 Å². The van der Waals surface area contributed by atoms with Gasteiger partial charge in [0.25, 0.3) is 0 Å². The molecule has 50 heavy (non-hydrogen) atoms. The number of hydrogen-bond donors (Lipinski definition) is 5. The Bertz CT molecular complexity index is 1450. The molecule has 0 aromatic carbocycles. The average Bonchev–Trinajstić information content (AvgIpc) is 3.83. The summed E-state index contributed by atoms with van der Waals surface area (Å²) < 4.78 is 30.8. The molecule has 8 fully saturated rings. The lowest BCUT2D eigenvalue weighted by molar-refractivity contribution is -0.327. The normalized spacial score (nSPS) is 58.1. The first-order valence-corrected chi connectivity index (χ1v) is 18.9. The number of hydrogen-bond acceptors (Lipinski definition) is 12. The van der Waals surface area contributed by atoms with Gasteiger partial charge >= 0.3 is 5.97 Å². The summed E-state index contributed by atoms with van der Waals surface area (Å²) in [6.45, 7) is 15.6. The lowest BCUT2D eigenvalue weighted by Gasteiger charge is -2.64. The Hall–Kier alpha value is -1.22. The Morgan fingerprint density at radius 3 is 2.14 bits per heavy atom. The first-order chi connectivity index (χ1) is 23.1. The van der Waals surface area contributed by atoms with E-state index in [4.69, 9.17) is 23.7 Å². The molecular weight excluding hydrogens is 648 g/mol. The van der Waals surface area contributed by atoms with Crippen molar-refractivity contribution in [2.45, 2.75) is 167 Å². The number of rotatable bonds is 6. The van der Waals surface area contributed by atoms with Gasteiger partial charge in [-0.25, -0.2) is 0 Å². The minimum atomic E-state index is -1.54. The number of fused-ring (bicyclic) bond motifs is 4. The van der Waals surface area contributed by atoms with Gasteiger partial charge in [0.2, 0.25) is 0 Å². The molecule has 0 amide bonds. The van der Waals surface area contributed by atoms with Gasteiger partial charge in [-0.3, -0.25) is 9.59 Å². The minimum absolute atomic E-state index is 0.0302. The van der Waals surface area contributed by atoms with Crippen molar-refractivity contribution < 1.29 is 58.8 Å². The maximum absolute atomic E-state index is 13.6. The summed E-state index contributed by atoms with van der Waals surface area (Å²) >= 11 is 0. The molecule has 12 heteroatoms. The average molecular weight is 707 g/mol. The molecule has 5 aliphatic carbocycles. The number of ketones is 1. The third-order valence-electron chi connectivity index (χ3n) is 16.5. The van der Waals surface area contributed by atoms with E-state index in [0.717, 1.165) is 25.7 Å². The molecule has 5 N–H and O–H groups in total. The number of aliphatic hydroxyl groups excluding tert-OH is 4. The van der Waals surface area contributed by atoms with Crippen molar-refractivity contribution in [3.05, 3.63) is 0 Å². The van der Waals surface area contributed by atoms with Crippen molar-refractivity contribution >= 4 is 11.8 Å². The van der Waals surface area contributed by atoms with Gasteiger partial charge < -0.3 is 49.2 Å². The molecule has 5 saturated carbocycles. The zero-order chi connectivity index (χ0) is 36.4. The fraction of sp³-hybridized carbons (Fsp3) is 0.947. The fourth-order valence-corrected chi connectivity index (χ4v) is 14.2. The van der Waals surface area contributed by atoms with Gasteiger partial charge in [-0.2, -0.15) is 0 Å². The van der Waals surface area contributed by atoms with Crippen molar-refractivity contribution in [3.8, 4) is 0 Å². The predicted octanol–water partition coefficient (Wildman–Crippen LogP) is 2.23. The van der Waals surface area contributed by atoms with E-state index in [-0.39, 0.29) is 51.9 Å². The SMILES string of the molecule is CC(=O)O[C@@H]1C[C@@]23C[C@@]24CC[C@H](O[C@@H]2O[C@H](CO)[C@H](O)[C@H](O)[C@H]2O)C(C)(C)[C@@H]4CC[C@H]3[C@]2(C)C[C@]3(O)O[C@H](C(=O)[C@H]4OC4(C)C)[C@@H](C)[C@@H]3[C@@]12C. The molecule has 0 aromatic rings. The molecule has 2 spiro atoms. The lowest BCUT2D eigenvalue weighted by Crippen LogP contribution is -2.64. The van der Waals surface area contributed by atoms with Crippen LogP contribution in [-0.4, -0.2) is 110 Å². The molecule has 0 aromatic heterocycles. The molecule has 282 valence electrons. The monoisotopic (exact) mass is 706 g/mol. The van der Waals surface area contributed by atoms with Crippen LogP contribution in [0.5, 0.6) is 0 Å². The highest BCUT2D eigenvalue weighted by Crippen LogP contribution is 2.90. The smallest absolute Gasteiger partial charge is 0.302 e. The molecule has 0 radical (unpaired) electrons. The molecule has 8 rings (SSSR count). The molecule has 0 unspecified atom stereocenters. The summed E-state index contributed by atoms with van der Waals surface area (Å²) in [6, 6.07) is 0. The van der Waals surface area contributed by atoms with Crippen LogP contribution >= 0.6 is 0 Å². The van der Waals surface area contributed by atoms with Crippen LogP contribution in [0, 0.1) is 50.7 Å². The molecule has 3 saturated heterocycles. The summed E-state index contributed by atoms with van der Waals surface area (Å²) in [5.74, 6) is -2.24. The maximum atomic E-state index is 13.6. The lowest BCUT2D eigenvalue weighted by atomic mass is 9.41. The van der Waals surface area contributed by atoms with E-state index >= 15 is 0 Å². The molecule has 3 heterocycles. The number of carbonyl (C=O) groups is 2. The number of aliphatic hydroxyl groups is 5. The Labute approximate surface area is 294 Å². The largest absolute Gasteiger partial charge is 0.462 e. The maximum Gasteiger partial charge on any atom is 0.302 e. The van der Waals surface area contributed by atoms with Crippen molar-refractivity contribution in [2.24, 2.45) is 50.7 Å². The molecule has 8 aliphatic rings. The number of ether oxygens (including phenoxy) is 5. The van der Waals surface area contributed by atoms with Gasteiger partial charge in [0.05, 0.1) is 18.3 Å². The molecule has 0 bridgehead atoms. The summed E-state index contributed by atoms with van der Waals surface area (Å²) in [5, 5.41) is 53.7. The van der Waals surface area contributed by atoms with Crippen LogP contribution in [0.2, 0.25) is 0 Å². The van der Waals surface area contributed by atoms with Gasteiger partial charge in [-0.1, -0.05) is 34.6 Å². The van der Waals surface area contributed by atoms with E-state index < -0.39 is 83.8 Å². The van der Waals surface area contributed by atoms with E-state index in [1.807, 2.05) is 20.8 Å². The van der Waals surface area contributed by atoms with Crippen LogP contribution in [0.1, 0.15) is 100 Å². The number of Topliss-reactive ketones (excluding diaryl/α,β-unsaturated/α-hetero) is 1. The van der Waals surface area contributed by atoms with Crippen LogP contribution in [-0.2, 0) is 33.3 Å². The van der Waals surface area contributed by atoms with E-state index in [9.17, 15) is 35.1 Å². The minimum Gasteiger partial charge on any atom is -0.462 e. The fourth-order valence-electron chi connectivity index (χ4n) is 14.2. The molecule has 12 nitrogen and oxygen atoms in total. The van der Waals surface area contributed by atoms with E-state index in [1.165, 1.54) is 6.92 Å². The molecule has 3 aliphatic heterocycles. The van der Waals surface area contributed by atoms with Crippen molar-refractivity contribution in [2.75, 3.05) is 6.61 Å². The van der Waals surface area contributed by atoms with E-state index in [2.05, 4.69) is 27.7 Å². The second-order valence-corrected chi connectivity index (χ2v) is 19.3. The van der Waals surface area contributed by atoms with Crippen LogP contribution in [0.4, 0.5) is 0 Å². The Morgan fingerprint density at radius 1 is 0.860 bits per heavy atom. The highest BCUT2D eigenvalue weighted by molar-refractivity contribution is 5.91. The second-order valence-electron chi connectivity index (χ2n) is 19.3. The van der Waals surface area contributed by atoms with Crippen LogP contribution in [0.25, 0.3) is 0 Å². The zero-order valence-electron chi connectivity index (χ0n) is 30.8. The summed E-state index contributed by atoms with van der Waals surface area (Å²) in [4.78, 5) is 26.5. The topological polar surface area (TPSA) is 185 Å². The van der Waals surface area contributed by atoms with Gasteiger partial charge in [0.15, 0.2) is 17.9 Å². The van der Waals surface area contributed by atoms with Gasteiger partial charge in [0, 0.05) is 24.7 Å². The first kappa shape index (κ1) is 35.8. The van der Waals surface area contributed by atoms with Gasteiger partial charge in [0.1, 0.15) is 42.7 Å². The summed E-state index contributed by atoms with van der Waals surface area (Å²) in [7, 11) is 0. The third kappa shape index (κ3) is 4.31. The van der Waals surface area contributed by atoms with Crippen LogP contribution < -0.4 is 0 Å². The highest BCUT2D eigenvalue weighted by Gasteiger charge is 2.87. The van der Waals surface area contributed by atoms with E-state index in [0.29, 0.717) is 19.3 Å². The Morgan fingerprint density at radius 2 is 1.52 bits per heavy atom. The first-order valence-electron chi connectivity index (χ1n) is 18.9. The van der Waals surface area contributed by atoms with Crippen molar-refractivity contribution in [3.63, 3.8) is 0 Å². The Kier molecular flexibility index (Phi) is 7.67. The highest BCUT2D eigenvalue weighted by atomic mass is 16.7. The standard InChI is InChI=1S/C38H58O12/c1-17-28(27(44)30-33(5,6)50-30)49-38(45)15-34(7)21-10-9-20-32(3,4)22(48-31-26(43)25(42)24(41)19(14-39)47-31)11-12-36(20)16-37(21,36)13-23(46-18(2)40)35(34,8)29(17)38/h17,19-26,28-31,39,41-43,45H,9-16H2,1-8H3/t17-,19-,20+,21+,22+,23-,24+,25+,26-,28+,29-,30-,31+,34+,35-,36-,37+,38+/m1/s1. The predicted molar refractivity (Wildman–Crippen MR) is 175 cm³/mol. The number of epoxide rings is 1. The third-order valence-corrected chi connectivity index (χ3v) is 16.5. The molecular formula is C38H58O12. The van der Waals surface area contributed by atoms with Crippen molar-refractivity contribution in [1.82, 2.24) is 0 Å². The number of carbonyl (C=O) groups excluding carboxylic acids is 2. The summed E-state index contributed by atoms with van der Waals surface area (Å²) in [5.41, 5.74) is -2.12.